The van der Waals surface area contributed by atoms with Gasteiger partial charge in [-0.2, -0.15) is 4.31 Å². The van der Waals surface area contributed by atoms with Crippen LogP contribution in [0.3, 0.4) is 0 Å². The molecule has 0 bridgehead atoms. The summed E-state index contributed by atoms with van der Waals surface area (Å²) in [5.41, 5.74) is 0. The van der Waals surface area contributed by atoms with E-state index in [1.807, 2.05) is 0 Å². The number of rotatable bonds is 3. The highest BCUT2D eigenvalue weighted by atomic mass is 32.2. The Kier molecular flexibility index (Phi) is 3.60. The van der Waals surface area contributed by atoms with Crippen LogP contribution in [0.1, 0.15) is 25.7 Å². The van der Waals surface area contributed by atoms with Crippen molar-refractivity contribution in [1.29, 1.82) is 0 Å². The lowest BCUT2D eigenvalue weighted by Gasteiger charge is -2.33. The summed E-state index contributed by atoms with van der Waals surface area (Å²) in [6.45, 7) is 2.63. The maximum Gasteiger partial charge on any atom is 0.260 e. The zero-order chi connectivity index (χ0) is 13.3. The maximum absolute atomic E-state index is 12.6. The monoisotopic (exact) mass is 284 g/mol. The van der Waals surface area contributed by atoms with Crippen LogP contribution in [0.15, 0.2) is 17.6 Å². The zero-order valence-corrected chi connectivity index (χ0v) is 11.7. The van der Waals surface area contributed by atoms with Crippen LogP contribution < -0.4 is 5.32 Å². The van der Waals surface area contributed by atoms with Crippen LogP contribution >= 0.6 is 0 Å². The van der Waals surface area contributed by atoms with E-state index in [-0.39, 0.29) is 11.1 Å². The predicted molar refractivity (Wildman–Crippen MR) is 71.1 cm³/mol. The van der Waals surface area contributed by atoms with Gasteiger partial charge >= 0.3 is 0 Å². The Morgan fingerprint density at radius 3 is 2.74 bits per heavy atom. The molecule has 0 amide bonds. The van der Waals surface area contributed by atoms with Gasteiger partial charge in [0.05, 0.1) is 12.5 Å². The Bertz CT molecular complexity index is 508. The molecule has 0 spiro atoms. The van der Waals surface area contributed by atoms with Gasteiger partial charge in [0, 0.05) is 12.6 Å². The van der Waals surface area contributed by atoms with E-state index in [0.29, 0.717) is 12.5 Å². The summed E-state index contributed by atoms with van der Waals surface area (Å²) in [6, 6.07) is 0.162. The molecule has 1 aromatic rings. The lowest BCUT2D eigenvalue weighted by molar-refractivity contribution is 0.234. The van der Waals surface area contributed by atoms with Crippen LogP contribution in [0.5, 0.6) is 0 Å². The number of piperidine rings is 1. The van der Waals surface area contributed by atoms with Crippen molar-refractivity contribution in [2.75, 3.05) is 19.6 Å². The smallest absolute Gasteiger partial charge is 0.260 e. The minimum atomic E-state index is -3.40. The molecule has 7 heteroatoms. The van der Waals surface area contributed by atoms with E-state index in [2.05, 4.69) is 15.3 Å². The molecule has 106 valence electrons. The maximum atomic E-state index is 12.6. The number of nitrogens with one attached hydrogen (secondary N) is 2. The number of hydrogen-bond acceptors (Lipinski definition) is 4. The number of H-pyrrole nitrogens is 1. The van der Waals surface area contributed by atoms with E-state index >= 15 is 0 Å². The Morgan fingerprint density at radius 2 is 2.05 bits per heavy atom. The SMILES string of the molecule is O=S(=O)(c1cnc[nH]1)N1CCCC1C1CCNCC1. The van der Waals surface area contributed by atoms with Gasteiger partial charge in [-0.1, -0.05) is 0 Å². The Labute approximate surface area is 113 Å². The highest BCUT2D eigenvalue weighted by molar-refractivity contribution is 7.89. The van der Waals surface area contributed by atoms with Crippen molar-refractivity contribution in [2.24, 2.45) is 5.92 Å². The molecule has 2 aliphatic rings. The van der Waals surface area contributed by atoms with Crippen molar-refractivity contribution in [2.45, 2.75) is 36.8 Å². The van der Waals surface area contributed by atoms with Crippen molar-refractivity contribution in [3.05, 3.63) is 12.5 Å². The molecule has 2 saturated heterocycles. The highest BCUT2D eigenvalue weighted by Gasteiger charge is 2.40. The molecule has 0 aromatic carbocycles. The molecular formula is C12H20N4O2S. The molecule has 2 fully saturated rings. The third-order valence-corrected chi connectivity index (χ3v) is 6.09. The molecular weight excluding hydrogens is 264 g/mol. The fourth-order valence-electron chi connectivity index (χ4n) is 3.27. The highest BCUT2D eigenvalue weighted by Crippen LogP contribution is 2.33. The van der Waals surface area contributed by atoms with E-state index in [4.69, 9.17) is 0 Å². The molecule has 3 heterocycles. The molecule has 0 radical (unpaired) electrons. The average Bonchev–Trinajstić information content (AvgIpc) is 3.11. The van der Waals surface area contributed by atoms with Gasteiger partial charge in [-0.3, -0.25) is 0 Å². The topological polar surface area (TPSA) is 78.1 Å². The quantitative estimate of drug-likeness (QED) is 0.850. The van der Waals surface area contributed by atoms with E-state index in [0.717, 1.165) is 38.8 Å². The van der Waals surface area contributed by atoms with Gasteiger partial charge in [0.2, 0.25) is 0 Å². The first-order valence-electron chi connectivity index (χ1n) is 6.90. The molecule has 0 saturated carbocycles. The minimum Gasteiger partial charge on any atom is -0.335 e. The molecule has 1 aromatic heterocycles. The molecule has 2 aliphatic heterocycles. The number of hydrogen-bond donors (Lipinski definition) is 2. The van der Waals surface area contributed by atoms with Crippen LogP contribution in [0.4, 0.5) is 0 Å². The number of imidazole rings is 1. The minimum absolute atomic E-state index is 0.162. The van der Waals surface area contributed by atoms with Crippen molar-refractivity contribution in [3.8, 4) is 0 Å². The first-order chi connectivity index (χ1) is 9.19. The molecule has 6 nitrogen and oxygen atoms in total. The first-order valence-corrected chi connectivity index (χ1v) is 8.34. The molecule has 19 heavy (non-hydrogen) atoms. The first kappa shape index (κ1) is 13.1. The van der Waals surface area contributed by atoms with Crippen molar-refractivity contribution in [3.63, 3.8) is 0 Å². The van der Waals surface area contributed by atoms with Crippen molar-refractivity contribution < 1.29 is 8.42 Å². The Balaban J connectivity index is 1.83. The third-order valence-electron chi connectivity index (χ3n) is 4.24. The lowest BCUT2D eigenvalue weighted by Crippen LogP contribution is -2.43. The van der Waals surface area contributed by atoms with Crippen molar-refractivity contribution in [1.82, 2.24) is 19.6 Å². The summed E-state index contributed by atoms with van der Waals surface area (Å²) in [5, 5.41) is 3.55. The van der Waals surface area contributed by atoms with Crippen LogP contribution in [0.25, 0.3) is 0 Å². The van der Waals surface area contributed by atoms with Crippen LogP contribution in [0.2, 0.25) is 0 Å². The number of nitrogens with zero attached hydrogens (tertiary/aromatic N) is 2. The second kappa shape index (κ2) is 5.22. The summed E-state index contributed by atoms with van der Waals surface area (Å²) in [6.07, 6.45) is 6.90. The number of aromatic amines is 1. The molecule has 0 aliphatic carbocycles. The number of sulfonamides is 1. The van der Waals surface area contributed by atoms with E-state index in [1.54, 1.807) is 4.31 Å². The molecule has 2 N–H and O–H groups in total. The van der Waals surface area contributed by atoms with Crippen molar-refractivity contribution >= 4 is 10.0 Å². The van der Waals surface area contributed by atoms with E-state index in [1.165, 1.54) is 12.5 Å². The summed E-state index contributed by atoms with van der Waals surface area (Å²) in [4.78, 5) is 6.55. The number of aromatic nitrogens is 2. The van der Waals surface area contributed by atoms with Gasteiger partial charge in [0.15, 0.2) is 5.03 Å². The van der Waals surface area contributed by atoms with Gasteiger partial charge in [-0.25, -0.2) is 13.4 Å². The van der Waals surface area contributed by atoms with Gasteiger partial charge in [0.25, 0.3) is 10.0 Å². The summed E-state index contributed by atoms with van der Waals surface area (Å²) in [5.74, 6) is 0.487. The summed E-state index contributed by atoms with van der Waals surface area (Å²) in [7, 11) is -3.40. The molecule has 3 rings (SSSR count). The predicted octanol–water partition coefficient (Wildman–Crippen LogP) is 0.562. The standard InChI is InChI=1S/C12H20N4O2S/c17-19(18,12-8-14-9-15-12)16-7-1-2-11(16)10-3-5-13-6-4-10/h8-11,13H,1-7H2,(H,14,15). The second-order valence-corrected chi connectivity index (χ2v) is 7.19. The third kappa shape index (κ3) is 2.42. The van der Waals surface area contributed by atoms with E-state index < -0.39 is 10.0 Å². The Hall–Kier alpha value is -0.920. The molecule has 1 unspecified atom stereocenters. The van der Waals surface area contributed by atoms with Gasteiger partial charge in [-0.15, -0.1) is 0 Å². The fraction of sp³-hybridized carbons (Fsp3) is 0.750. The van der Waals surface area contributed by atoms with Gasteiger partial charge in [0.1, 0.15) is 0 Å². The van der Waals surface area contributed by atoms with Crippen LogP contribution in [0, 0.1) is 5.92 Å². The molecule has 1 atom stereocenters. The van der Waals surface area contributed by atoms with Crippen LogP contribution in [-0.2, 0) is 10.0 Å². The normalized spacial score (nSPS) is 26.8. The Morgan fingerprint density at radius 1 is 1.26 bits per heavy atom. The van der Waals surface area contributed by atoms with Gasteiger partial charge in [-0.05, 0) is 44.7 Å². The lowest BCUT2D eigenvalue weighted by atomic mass is 9.89. The summed E-state index contributed by atoms with van der Waals surface area (Å²) >= 11 is 0. The summed E-state index contributed by atoms with van der Waals surface area (Å²) < 4.78 is 26.9. The van der Waals surface area contributed by atoms with Crippen LogP contribution in [-0.4, -0.2) is 48.4 Å². The van der Waals surface area contributed by atoms with Gasteiger partial charge < -0.3 is 10.3 Å². The zero-order valence-electron chi connectivity index (χ0n) is 10.9. The van der Waals surface area contributed by atoms with E-state index in [9.17, 15) is 8.42 Å². The second-order valence-electron chi connectivity index (χ2n) is 5.33. The largest absolute Gasteiger partial charge is 0.335 e. The average molecular weight is 284 g/mol. The fourth-order valence-corrected chi connectivity index (χ4v) is 4.93.